The van der Waals surface area contributed by atoms with E-state index in [4.69, 9.17) is 12.2 Å². The molecule has 1 rings (SSSR count). The fourth-order valence-electron chi connectivity index (χ4n) is 1.03. The number of carbonyl (C=O) groups excluding carboxylic acids is 1. The van der Waals surface area contributed by atoms with Crippen LogP contribution in [0.3, 0.4) is 0 Å². The van der Waals surface area contributed by atoms with Crippen LogP contribution in [0.2, 0.25) is 0 Å². The summed E-state index contributed by atoms with van der Waals surface area (Å²) in [5.41, 5.74) is 0.732. The van der Waals surface area contributed by atoms with E-state index < -0.39 is 0 Å². The molecule has 0 bridgehead atoms. The summed E-state index contributed by atoms with van der Waals surface area (Å²) in [6.07, 6.45) is 8.60. The van der Waals surface area contributed by atoms with Gasteiger partial charge in [0.25, 0.3) is 0 Å². The standard InChI is InChI=1S/C10H12NOS/c1-2-5-10(12)11-8-6-3-4-7-9(8)13/h4,6H,2,5,7H2,1H3,(H,11,12). The number of allylic oxidation sites excluding steroid dienone is 4. The smallest absolute Gasteiger partial charge is 0.224 e. The van der Waals surface area contributed by atoms with Gasteiger partial charge in [0, 0.05) is 17.7 Å². The molecule has 1 N–H and O–H groups in total. The summed E-state index contributed by atoms with van der Waals surface area (Å²) >= 11 is 5.08. The molecule has 0 aliphatic heterocycles. The average Bonchev–Trinajstić information content (AvgIpc) is 2.09. The Morgan fingerprint density at radius 1 is 1.77 bits per heavy atom. The monoisotopic (exact) mass is 194 g/mol. The Hall–Kier alpha value is -0.960. The van der Waals surface area contributed by atoms with E-state index >= 15 is 0 Å². The molecular weight excluding hydrogens is 182 g/mol. The molecule has 2 nitrogen and oxygen atoms in total. The van der Waals surface area contributed by atoms with Gasteiger partial charge in [0.05, 0.1) is 5.70 Å². The van der Waals surface area contributed by atoms with E-state index in [0.29, 0.717) is 12.8 Å². The van der Waals surface area contributed by atoms with Crippen molar-refractivity contribution in [2.45, 2.75) is 26.2 Å². The second-order valence-electron chi connectivity index (χ2n) is 2.85. The number of amides is 1. The van der Waals surface area contributed by atoms with E-state index in [1.807, 2.05) is 13.0 Å². The Kier molecular flexibility index (Phi) is 3.83. The van der Waals surface area contributed by atoms with E-state index in [0.717, 1.165) is 17.0 Å². The van der Waals surface area contributed by atoms with Crippen molar-refractivity contribution >= 4 is 23.0 Å². The molecule has 1 aliphatic rings. The van der Waals surface area contributed by atoms with Gasteiger partial charge in [-0.25, -0.2) is 0 Å². The topological polar surface area (TPSA) is 29.1 Å². The van der Waals surface area contributed by atoms with Crippen LogP contribution in [0.5, 0.6) is 0 Å². The molecule has 0 saturated carbocycles. The minimum absolute atomic E-state index is 0.0276. The quantitative estimate of drug-likeness (QED) is 0.695. The highest BCUT2D eigenvalue weighted by atomic mass is 32.1. The predicted molar refractivity (Wildman–Crippen MR) is 56.2 cm³/mol. The van der Waals surface area contributed by atoms with Gasteiger partial charge in [0.1, 0.15) is 0 Å². The van der Waals surface area contributed by atoms with Crippen molar-refractivity contribution in [3.05, 3.63) is 23.9 Å². The molecule has 0 aromatic carbocycles. The van der Waals surface area contributed by atoms with Crippen LogP contribution in [0.1, 0.15) is 26.2 Å². The SMILES string of the molecule is CCCC(=O)NC1=C[C]=CCC1=S. The Morgan fingerprint density at radius 3 is 3.15 bits per heavy atom. The van der Waals surface area contributed by atoms with Gasteiger partial charge in [-0.05, 0) is 18.6 Å². The fourth-order valence-corrected chi connectivity index (χ4v) is 1.22. The maximum Gasteiger partial charge on any atom is 0.224 e. The summed E-state index contributed by atoms with van der Waals surface area (Å²) in [6, 6.07) is 0. The number of carbonyl (C=O) groups is 1. The van der Waals surface area contributed by atoms with Gasteiger partial charge in [-0.3, -0.25) is 4.79 Å². The minimum atomic E-state index is 0.0276. The van der Waals surface area contributed by atoms with E-state index in [2.05, 4.69) is 11.4 Å². The molecule has 0 spiro atoms. The zero-order valence-corrected chi connectivity index (χ0v) is 8.41. The lowest BCUT2D eigenvalue weighted by Crippen LogP contribution is -2.26. The molecule has 1 amide bonds. The largest absolute Gasteiger partial charge is 0.325 e. The van der Waals surface area contributed by atoms with E-state index in [1.54, 1.807) is 6.08 Å². The lowest BCUT2D eigenvalue weighted by Gasteiger charge is -2.11. The molecule has 0 unspecified atom stereocenters. The molecule has 0 atom stereocenters. The second-order valence-corrected chi connectivity index (χ2v) is 3.35. The predicted octanol–water partition coefficient (Wildman–Crippen LogP) is 1.92. The van der Waals surface area contributed by atoms with Crippen LogP contribution in [-0.2, 0) is 4.79 Å². The molecule has 1 aliphatic carbocycles. The second kappa shape index (κ2) is 4.92. The van der Waals surface area contributed by atoms with Crippen LogP contribution in [-0.4, -0.2) is 10.8 Å². The molecule has 0 fully saturated rings. The van der Waals surface area contributed by atoms with Crippen molar-refractivity contribution < 1.29 is 4.79 Å². The summed E-state index contributed by atoms with van der Waals surface area (Å²) in [5, 5.41) is 2.77. The third kappa shape index (κ3) is 3.11. The first kappa shape index (κ1) is 10.1. The Balaban J connectivity index is 2.52. The van der Waals surface area contributed by atoms with E-state index in [1.165, 1.54) is 0 Å². The maximum atomic E-state index is 11.2. The zero-order chi connectivity index (χ0) is 9.68. The van der Waals surface area contributed by atoms with Crippen molar-refractivity contribution in [2.75, 3.05) is 0 Å². The van der Waals surface area contributed by atoms with E-state index in [9.17, 15) is 4.79 Å². The molecule has 1 radical (unpaired) electrons. The molecule has 0 heterocycles. The van der Waals surface area contributed by atoms with Crippen molar-refractivity contribution in [3.8, 4) is 0 Å². The Bertz CT molecular complexity index is 279. The van der Waals surface area contributed by atoms with Gasteiger partial charge in [-0.2, -0.15) is 0 Å². The summed E-state index contributed by atoms with van der Waals surface area (Å²) in [5.74, 6) is 0.0276. The summed E-state index contributed by atoms with van der Waals surface area (Å²) in [4.78, 5) is 12.0. The van der Waals surface area contributed by atoms with Crippen molar-refractivity contribution in [1.82, 2.24) is 5.32 Å². The molecule has 3 heteroatoms. The van der Waals surface area contributed by atoms with Crippen molar-refractivity contribution in [3.63, 3.8) is 0 Å². The van der Waals surface area contributed by atoms with Crippen molar-refractivity contribution in [1.29, 1.82) is 0 Å². The molecule has 69 valence electrons. The third-order valence-electron chi connectivity index (χ3n) is 1.68. The summed E-state index contributed by atoms with van der Waals surface area (Å²) < 4.78 is 0. The lowest BCUT2D eigenvalue weighted by atomic mass is 10.1. The van der Waals surface area contributed by atoms with Crippen LogP contribution in [0.4, 0.5) is 0 Å². The Labute approximate surface area is 83.7 Å². The van der Waals surface area contributed by atoms with E-state index in [-0.39, 0.29) is 5.91 Å². The summed E-state index contributed by atoms with van der Waals surface area (Å²) in [7, 11) is 0. The first-order valence-electron chi connectivity index (χ1n) is 4.35. The molecule has 0 aromatic rings. The molecule has 13 heavy (non-hydrogen) atoms. The third-order valence-corrected chi connectivity index (χ3v) is 2.07. The lowest BCUT2D eigenvalue weighted by molar-refractivity contribution is -0.120. The molecule has 0 saturated heterocycles. The molecular formula is C10H12NOS. The fraction of sp³-hybridized carbons (Fsp3) is 0.400. The normalized spacial score (nSPS) is 15.5. The van der Waals surface area contributed by atoms with Crippen LogP contribution in [0.15, 0.2) is 17.8 Å². The van der Waals surface area contributed by atoms with Gasteiger partial charge >= 0.3 is 0 Å². The van der Waals surface area contributed by atoms with Crippen LogP contribution in [0.25, 0.3) is 0 Å². The van der Waals surface area contributed by atoms with Gasteiger partial charge < -0.3 is 5.32 Å². The van der Waals surface area contributed by atoms with Crippen molar-refractivity contribution in [2.24, 2.45) is 0 Å². The van der Waals surface area contributed by atoms with Gasteiger partial charge in [0.15, 0.2) is 0 Å². The first-order valence-corrected chi connectivity index (χ1v) is 4.75. The first-order chi connectivity index (χ1) is 6.24. The Morgan fingerprint density at radius 2 is 2.54 bits per heavy atom. The number of nitrogens with one attached hydrogen (secondary N) is 1. The zero-order valence-electron chi connectivity index (χ0n) is 7.59. The van der Waals surface area contributed by atoms with Crippen LogP contribution in [0, 0.1) is 6.08 Å². The number of thiocarbonyl (C=S) groups is 1. The maximum absolute atomic E-state index is 11.2. The highest BCUT2D eigenvalue weighted by molar-refractivity contribution is 7.80. The number of hydrogen-bond acceptors (Lipinski definition) is 2. The van der Waals surface area contributed by atoms with Crippen LogP contribution < -0.4 is 5.32 Å². The highest BCUT2D eigenvalue weighted by Gasteiger charge is 2.09. The number of hydrogen-bond donors (Lipinski definition) is 1. The van der Waals surface area contributed by atoms with Gasteiger partial charge in [-0.15, -0.1) is 0 Å². The average molecular weight is 194 g/mol. The number of rotatable bonds is 3. The van der Waals surface area contributed by atoms with Crippen LogP contribution >= 0.6 is 12.2 Å². The van der Waals surface area contributed by atoms with Gasteiger partial charge in [-0.1, -0.05) is 25.2 Å². The molecule has 0 aromatic heterocycles. The highest BCUT2D eigenvalue weighted by Crippen LogP contribution is 2.06. The van der Waals surface area contributed by atoms with Gasteiger partial charge in [0.2, 0.25) is 5.91 Å². The minimum Gasteiger partial charge on any atom is -0.325 e. The summed E-state index contributed by atoms with van der Waals surface area (Å²) in [6.45, 7) is 1.97.